The zero-order valence-corrected chi connectivity index (χ0v) is 13.3. The minimum atomic E-state index is -0.129. The van der Waals surface area contributed by atoms with Gasteiger partial charge in [-0.15, -0.1) is 0 Å². The van der Waals surface area contributed by atoms with E-state index >= 15 is 0 Å². The molecule has 116 valence electrons. The van der Waals surface area contributed by atoms with Crippen LogP contribution < -0.4 is 22.3 Å². The molecule has 0 unspecified atom stereocenters. The molecule has 3 aromatic rings. The van der Waals surface area contributed by atoms with E-state index in [9.17, 15) is 4.79 Å². The molecule has 0 aliphatic carbocycles. The van der Waals surface area contributed by atoms with Gasteiger partial charge in [0.25, 0.3) is 0 Å². The lowest BCUT2D eigenvalue weighted by atomic mass is 10.3. The van der Waals surface area contributed by atoms with Crippen molar-refractivity contribution in [2.75, 3.05) is 18.5 Å². The highest BCUT2D eigenvalue weighted by Gasteiger charge is 2.15. The first-order chi connectivity index (χ1) is 10.3. The number of aliphatic hydroxyl groups is 1. The number of ketones is 1. The van der Waals surface area contributed by atoms with Gasteiger partial charge in [0.1, 0.15) is 0 Å². The number of carbonyl (C=O) groups excluding carboxylic acids is 1. The van der Waals surface area contributed by atoms with Gasteiger partial charge in [0.15, 0.2) is 5.76 Å². The number of Topliss-reactive ketones (excluding diaryl/α,β-unsaturated/α-hetero) is 1. The number of rotatable bonds is 6. The molecule has 7 heteroatoms. The Hall–Kier alpha value is -2.12. The molecule has 1 aromatic carbocycles. The average molecular weight is 365 g/mol. The summed E-state index contributed by atoms with van der Waals surface area (Å²) in [6.45, 7) is 0.495. The van der Waals surface area contributed by atoms with Gasteiger partial charge in [-0.05, 0) is 24.3 Å². The maximum atomic E-state index is 12.2. The lowest BCUT2D eigenvalue weighted by Gasteiger charge is -2.08. The van der Waals surface area contributed by atoms with E-state index in [1.807, 2.05) is 24.3 Å². The smallest absolute Gasteiger partial charge is 0.217 e. The summed E-state index contributed by atoms with van der Waals surface area (Å²) in [5.41, 5.74) is 1.66. The van der Waals surface area contributed by atoms with Gasteiger partial charge >= 0.3 is 0 Å². The van der Waals surface area contributed by atoms with Crippen LogP contribution in [0.2, 0.25) is 0 Å². The van der Waals surface area contributed by atoms with Crippen LogP contribution in [0.4, 0.5) is 5.95 Å². The molecule has 0 aliphatic heterocycles. The number of hydrogen-bond donors (Lipinski definition) is 2. The van der Waals surface area contributed by atoms with Crippen LogP contribution in [0.5, 0.6) is 0 Å². The molecule has 0 spiro atoms. The van der Waals surface area contributed by atoms with Gasteiger partial charge in [0, 0.05) is 6.54 Å². The Balaban J connectivity index is 0.00000176. The second-order valence-corrected chi connectivity index (χ2v) is 4.56. The topological polar surface area (TPSA) is 80.3 Å². The molecule has 0 fully saturated rings. The van der Waals surface area contributed by atoms with E-state index in [4.69, 9.17) is 9.52 Å². The Bertz CT molecular complexity index is 753. The summed E-state index contributed by atoms with van der Waals surface area (Å²) in [5.74, 6) is 0.751. The highest BCUT2D eigenvalue weighted by atomic mass is 79.9. The molecular weight excluding hydrogens is 350 g/mol. The molecule has 0 amide bonds. The number of benzene rings is 1. The number of fused-ring (bicyclic) bond motifs is 1. The second kappa shape index (κ2) is 7.24. The maximum absolute atomic E-state index is 12.2. The Morgan fingerprint density at radius 1 is 1.27 bits per heavy atom. The van der Waals surface area contributed by atoms with E-state index in [1.54, 1.807) is 16.7 Å². The normalized spacial score (nSPS) is 10.4. The van der Waals surface area contributed by atoms with Gasteiger partial charge in [-0.2, -0.15) is 0 Å². The van der Waals surface area contributed by atoms with Crippen molar-refractivity contribution in [2.24, 2.45) is 0 Å². The molecule has 0 saturated carbocycles. The van der Waals surface area contributed by atoms with E-state index in [-0.39, 0.29) is 35.9 Å². The highest BCUT2D eigenvalue weighted by Crippen LogP contribution is 2.20. The quantitative estimate of drug-likeness (QED) is 0.544. The number of imidazole rings is 1. The zero-order valence-electron chi connectivity index (χ0n) is 11.7. The standard InChI is InChI=1S/C15H15N3O3.BrH/c19-8-7-16-15-17-11-4-1-2-5-12(11)18(15)10-13(20)14-6-3-9-21-14;/h1-6,9,19H,7-8,10H2,(H,16,17);1H/p-1. The highest BCUT2D eigenvalue weighted by molar-refractivity contribution is 5.94. The molecule has 0 saturated heterocycles. The number of carbonyl (C=O) groups is 1. The lowest BCUT2D eigenvalue weighted by molar-refractivity contribution is -0.0000133. The van der Waals surface area contributed by atoms with Gasteiger partial charge in [-0.1, -0.05) is 12.1 Å². The number of halogens is 1. The first-order valence-electron chi connectivity index (χ1n) is 6.66. The first kappa shape index (κ1) is 16.3. The van der Waals surface area contributed by atoms with Crippen LogP contribution in [0.15, 0.2) is 47.1 Å². The number of nitrogens with one attached hydrogen (secondary N) is 1. The van der Waals surface area contributed by atoms with Crippen molar-refractivity contribution in [3.05, 3.63) is 48.4 Å². The summed E-state index contributed by atoms with van der Waals surface area (Å²) in [4.78, 5) is 16.7. The van der Waals surface area contributed by atoms with Crippen LogP contribution in [0.1, 0.15) is 10.6 Å². The van der Waals surface area contributed by atoms with Crippen molar-refractivity contribution >= 4 is 22.8 Å². The third-order valence-electron chi connectivity index (χ3n) is 3.15. The summed E-state index contributed by atoms with van der Waals surface area (Å²) in [6, 6.07) is 10.9. The molecule has 22 heavy (non-hydrogen) atoms. The molecule has 0 atom stereocenters. The molecule has 2 heterocycles. The third-order valence-corrected chi connectivity index (χ3v) is 3.15. The Kier molecular flexibility index (Phi) is 5.35. The van der Waals surface area contributed by atoms with Gasteiger partial charge < -0.3 is 36.4 Å². The van der Waals surface area contributed by atoms with E-state index in [0.29, 0.717) is 18.3 Å². The summed E-state index contributed by atoms with van der Waals surface area (Å²) in [7, 11) is 0. The predicted molar refractivity (Wildman–Crippen MR) is 78.3 cm³/mol. The summed E-state index contributed by atoms with van der Waals surface area (Å²) in [6.07, 6.45) is 1.48. The van der Waals surface area contributed by atoms with Crippen LogP contribution in [0.3, 0.4) is 0 Å². The SMILES string of the molecule is O=C(Cn1c(NCCO)nc2ccccc21)c1ccco1.[Br-]. The molecule has 2 N–H and O–H groups in total. The first-order valence-corrected chi connectivity index (χ1v) is 6.66. The third kappa shape index (κ3) is 3.20. The molecule has 0 aliphatic rings. The van der Waals surface area contributed by atoms with Crippen molar-refractivity contribution < 1.29 is 31.3 Å². The van der Waals surface area contributed by atoms with Crippen LogP contribution in [0, 0.1) is 0 Å². The van der Waals surface area contributed by atoms with E-state index in [1.165, 1.54) is 6.26 Å². The number of furan rings is 1. The van der Waals surface area contributed by atoms with Crippen molar-refractivity contribution in [1.82, 2.24) is 9.55 Å². The maximum Gasteiger partial charge on any atom is 0.217 e. The van der Waals surface area contributed by atoms with Crippen molar-refractivity contribution in [3.8, 4) is 0 Å². The molecule has 0 radical (unpaired) electrons. The molecular formula is C15H15BrN3O3-. The van der Waals surface area contributed by atoms with E-state index in [0.717, 1.165) is 11.0 Å². The molecule has 2 aromatic heterocycles. The Morgan fingerprint density at radius 2 is 2.09 bits per heavy atom. The summed E-state index contributed by atoms with van der Waals surface area (Å²) in [5, 5.41) is 12.0. The molecule has 0 bridgehead atoms. The fraction of sp³-hybridized carbons (Fsp3) is 0.200. The second-order valence-electron chi connectivity index (χ2n) is 4.56. The van der Waals surface area contributed by atoms with Crippen LogP contribution in [-0.2, 0) is 6.54 Å². The van der Waals surface area contributed by atoms with Crippen molar-refractivity contribution in [2.45, 2.75) is 6.54 Å². The number of aliphatic hydroxyl groups excluding tert-OH is 1. The molecule has 3 rings (SSSR count). The van der Waals surface area contributed by atoms with Gasteiger partial charge in [0.05, 0.1) is 30.4 Å². The average Bonchev–Trinajstić information content (AvgIpc) is 3.14. The van der Waals surface area contributed by atoms with Gasteiger partial charge in [-0.25, -0.2) is 4.98 Å². The number of nitrogens with zero attached hydrogens (tertiary/aromatic N) is 2. The fourth-order valence-corrected chi connectivity index (χ4v) is 2.20. The van der Waals surface area contributed by atoms with Crippen LogP contribution in [0.25, 0.3) is 11.0 Å². The predicted octanol–water partition coefficient (Wildman–Crippen LogP) is -1.08. The van der Waals surface area contributed by atoms with Crippen LogP contribution >= 0.6 is 0 Å². The fourth-order valence-electron chi connectivity index (χ4n) is 2.20. The number of aromatic nitrogens is 2. The van der Waals surface area contributed by atoms with Gasteiger partial charge in [-0.3, -0.25) is 4.79 Å². The summed E-state index contributed by atoms with van der Waals surface area (Å²) >= 11 is 0. The minimum absolute atomic E-state index is 0. The largest absolute Gasteiger partial charge is 1.00 e. The van der Waals surface area contributed by atoms with E-state index < -0.39 is 0 Å². The molecule has 6 nitrogen and oxygen atoms in total. The number of anilines is 1. The monoisotopic (exact) mass is 364 g/mol. The zero-order chi connectivity index (χ0) is 14.7. The van der Waals surface area contributed by atoms with Crippen LogP contribution in [-0.4, -0.2) is 33.6 Å². The number of para-hydroxylation sites is 2. The summed E-state index contributed by atoms with van der Waals surface area (Å²) < 4.78 is 6.92. The Morgan fingerprint density at radius 3 is 2.82 bits per heavy atom. The van der Waals surface area contributed by atoms with Crippen molar-refractivity contribution in [1.29, 1.82) is 0 Å². The van der Waals surface area contributed by atoms with Gasteiger partial charge in [0.2, 0.25) is 11.7 Å². The van der Waals surface area contributed by atoms with Crippen molar-refractivity contribution in [3.63, 3.8) is 0 Å². The lowest BCUT2D eigenvalue weighted by Crippen LogP contribution is -3.00. The Labute approximate surface area is 137 Å². The number of hydrogen-bond acceptors (Lipinski definition) is 5. The van der Waals surface area contributed by atoms with E-state index in [2.05, 4.69) is 10.3 Å². The minimum Gasteiger partial charge on any atom is -1.00 e.